The SMILES string of the molecule is CCNC(=NCc1ccc(OC)nc1)NCCOC.I. The van der Waals surface area contributed by atoms with Gasteiger partial charge in [0.1, 0.15) is 0 Å². The van der Waals surface area contributed by atoms with Gasteiger partial charge in [0.15, 0.2) is 5.96 Å². The summed E-state index contributed by atoms with van der Waals surface area (Å²) in [5.41, 5.74) is 1.03. The van der Waals surface area contributed by atoms with E-state index in [4.69, 9.17) is 9.47 Å². The van der Waals surface area contributed by atoms with E-state index in [0.717, 1.165) is 24.6 Å². The summed E-state index contributed by atoms with van der Waals surface area (Å²) in [5, 5.41) is 6.36. The van der Waals surface area contributed by atoms with Crippen LogP contribution in [0.4, 0.5) is 0 Å². The predicted octanol–water partition coefficient (Wildman–Crippen LogP) is 1.41. The van der Waals surface area contributed by atoms with Crippen LogP contribution in [0.2, 0.25) is 0 Å². The molecular weight excluding hydrogens is 371 g/mol. The van der Waals surface area contributed by atoms with Crippen LogP contribution in [0, 0.1) is 0 Å². The molecule has 2 N–H and O–H groups in total. The standard InChI is InChI=1S/C13H22N4O2.HI/c1-4-14-13(15-7-8-18-2)17-10-11-5-6-12(19-3)16-9-11;/h5-6,9H,4,7-8,10H2,1-3H3,(H2,14,15,17);1H. The van der Waals surface area contributed by atoms with Crippen LogP contribution in [0.1, 0.15) is 12.5 Å². The van der Waals surface area contributed by atoms with Crippen LogP contribution in [0.5, 0.6) is 5.88 Å². The third-order valence-electron chi connectivity index (χ3n) is 2.37. The molecular formula is C13H23IN4O2. The average molecular weight is 394 g/mol. The van der Waals surface area contributed by atoms with E-state index in [0.29, 0.717) is 19.0 Å². The molecule has 0 fully saturated rings. The lowest BCUT2D eigenvalue weighted by atomic mass is 10.3. The molecule has 0 aliphatic carbocycles. The monoisotopic (exact) mass is 394 g/mol. The van der Waals surface area contributed by atoms with Crippen molar-refractivity contribution in [3.63, 3.8) is 0 Å². The molecule has 1 aromatic heterocycles. The van der Waals surface area contributed by atoms with Gasteiger partial charge in [0, 0.05) is 32.5 Å². The minimum Gasteiger partial charge on any atom is -0.481 e. The Morgan fingerprint density at radius 3 is 2.65 bits per heavy atom. The number of aliphatic imine (C=N–C) groups is 1. The Hall–Kier alpha value is -1.09. The quantitative estimate of drug-likeness (QED) is 0.317. The highest BCUT2D eigenvalue weighted by molar-refractivity contribution is 14.0. The van der Waals surface area contributed by atoms with Gasteiger partial charge in [-0.2, -0.15) is 0 Å². The van der Waals surface area contributed by atoms with Gasteiger partial charge in [0.25, 0.3) is 0 Å². The first kappa shape index (κ1) is 18.9. The first-order chi connectivity index (χ1) is 9.30. The second kappa shape index (κ2) is 11.7. The fraction of sp³-hybridized carbons (Fsp3) is 0.538. The van der Waals surface area contributed by atoms with Crippen LogP contribution in [-0.4, -0.2) is 44.9 Å². The Kier molecular flexibility index (Phi) is 11.1. The van der Waals surface area contributed by atoms with E-state index in [-0.39, 0.29) is 24.0 Å². The van der Waals surface area contributed by atoms with Gasteiger partial charge < -0.3 is 20.1 Å². The van der Waals surface area contributed by atoms with Gasteiger partial charge in [-0.3, -0.25) is 0 Å². The lowest BCUT2D eigenvalue weighted by Gasteiger charge is -2.10. The van der Waals surface area contributed by atoms with Crippen molar-refractivity contribution < 1.29 is 9.47 Å². The van der Waals surface area contributed by atoms with Gasteiger partial charge in [-0.1, -0.05) is 6.07 Å². The lowest BCUT2D eigenvalue weighted by Crippen LogP contribution is -2.38. The number of methoxy groups -OCH3 is 2. The number of ether oxygens (including phenoxy) is 2. The van der Waals surface area contributed by atoms with Gasteiger partial charge >= 0.3 is 0 Å². The summed E-state index contributed by atoms with van der Waals surface area (Å²) in [4.78, 5) is 8.61. The van der Waals surface area contributed by atoms with Crippen molar-refractivity contribution in [3.8, 4) is 5.88 Å². The Bertz CT molecular complexity index is 384. The summed E-state index contributed by atoms with van der Waals surface area (Å²) in [6, 6.07) is 3.78. The minimum atomic E-state index is 0. The highest BCUT2D eigenvalue weighted by atomic mass is 127. The molecule has 6 nitrogen and oxygen atoms in total. The zero-order valence-electron chi connectivity index (χ0n) is 12.2. The van der Waals surface area contributed by atoms with Crippen LogP contribution in [-0.2, 0) is 11.3 Å². The maximum Gasteiger partial charge on any atom is 0.212 e. The highest BCUT2D eigenvalue weighted by Crippen LogP contribution is 2.07. The van der Waals surface area contributed by atoms with Gasteiger partial charge in [0.05, 0.1) is 20.3 Å². The number of hydrogen-bond acceptors (Lipinski definition) is 4. The Labute approximate surface area is 137 Å². The van der Waals surface area contributed by atoms with E-state index in [1.807, 2.05) is 19.1 Å². The largest absolute Gasteiger partial charge is 0.481 e. The lowest BCUT2D eigenvalue weighted by molar-refractivity contribution is 0.203. The number of nitrogens with one attached hydrogen (secondary N) is 2. The molecule has 1 rings (SSSR count). The molecule has 0 amide bonds. The zero-order valence-corrected chi connectivity index (χ0v) is 14.5. The van der Waals surface area contributed by atoms with Crippen LogP contribution in [0.15, 0.2) is 23.3 Å². The van der Waals surface area contributed by atoms with Crippen molar-refractivity contribution >= 4 is 29.9 Å². The van der Waals surface area contributed by atoms with Crippen LogP contribution in [0.25, 0.3) is 0 Å². The van der Waals surface area contributed by atoms with Crippen molar-refractivity contribution in [2.24, 2.45) is 4.99 Å². The summed E-state index contributed by atoms with van der Waals surface area (Å²) in [6.07, 6.45) is 1.76. The molecule has 0 saturated heterocycles. The number of hydrogen-bond donors (Lipinski definition) is 2. The topological polar surface area (TPSA) is 67.8 Å². The van der Waals surface area contributed by atoms with Gasteiger partial charge in [-0.05, 0) is 12.5 Å². The molecule has 0 aromatic carbocycles. The number of nitrogens with zero attached hydrogens (tertiary/aromatic N) is 2. The van der Waals surface area contributed by atoms with E-state index < -0.39 is 0 Å². The molecule has 0 atom stereocenters. The van der Waals surface area contributed by atoms with E-state index in [9.17, 15) is 0 Å². The zero-order chi connectivity index (χ0) is 13.9. The molecule has 1 heterocycles. The molecule has 0 saturated carbocycles. The molecule has 0 aliphatic rings. The number of guanidine groups is 1. The number of aromatic nitrogens is 1. The van der Waals surface area contributed by atoms with Gasteiger partial charge in [0.2, 0.25) is 5.88 Å². The molecule has 114 valence electrons. The van der Waals surface area contributed by atoms with Crippen molar-refractivity contribution in [3.05, 3.63) is 23.9 Å². The second-order valence-corrected chi connectivity index (χ2v) is 3.82. The average Bonchev–Trinajstić information content (AvgIpc) is 2.45. The Morgan fingerprint density at radius 1 is 1.30 bits per heavy atom. The van der Waals surface area contributed by atoms with E-state index in [1.165, 1.54) is 0 Å². The smallest absolute Gasteiger partial charge is 0.212 e. The Balaban J connectivity index is 0.00000361. The maximum absolute atomic E-state index is 5.01. The molecule has 0 bridgehead atoms. The predicted molar refractivity (Wildman–Crippen MR) is 90.9 cm³/mol. The maximum atomic E-state index is 5.01. The molecule has 20 heavy (non-hydrogen) atoms. The fourth-order valence-electron chi connectivity index (χ4n) is 1.41. The molecule has 7 heteroatoms. The summed E-state index contributed by atoms with van der Waals surface area (Å²) in [7, 11) is 3.28. The van der Waals surface area contributed by atoms with Gasteiger partial charge in [-0.25, -0.2) is 9.98 Å². The van der Waals surface area contributed by atoms with Gasteiger partial charge in [-0.15, -0.1) is 24.0 Å². The summed E-state index contributed by atoms with van der Waals surface area (Å²) >= 11 is 0. The number of pyridine rings is 1. The highest BCUT2D eigenvalue weighted by Gasteiger charge is 1.98. The van der Waals surface area contributed by atoms with Crippen molar-refractivity contribution in [2.45, 2.75) is 13.5 Å². The van der Waals surface area contributed by atoms with Crippen molar-refractivity contribution in [1.82, 2.24) is 15.6 Å². The number of halogens is 1. The van der Waals surface area contributed by atoms with Crippen LogP contribution >= 0.6 is 24.0 Å². The van der Waals surface area contributed by atoms with Crippen LogP contribution in [0.3, 0.4) is 0 Å². The van der Waals surface area contributed by atoms with Crippen LogP contribution < -0.4 is 15.4 Å². The molecule has 0 unspecified atom stereocenters. The molecule has 0 spiro atoms. The summed E-state index contributed by atoms with van der Waals surface area (Å²) in [5.74, 6) is 1.38. The third-order valence-corrected chi connectivity index (χ3v) is 2.37. The van der Waals surface area contributed by atoms with E-state index >= 15 is 0 Å². The first-order valence-corrected chi connectivity index (χ1v) is 6.30. The molecule has 0 aliphatic heterocycles. The first-order valence-electron chi connectivity index (χ1n) is 6.30. The third kappa shape index (κ3) is 7.49. The second-order valence-electron chi connectivity index (χ2n) is 3.82. The Morgan fingerprint density at radius 2 is 2.10 bits per heavy atom. The summed E-state index contributed by atoms with van der Waals surface area (Å²) in [6.45, 7) is 4.79. The normalized spacial score (nSPS) is 10.7. The molecule has 1 aromatic rings. The fourth-order valence-corrected chi connectivity index (χ4v) is 1.41. The van der Waals surface area contributed by atoms with E-state index in [2.05, 4.69) is 20.6 Å². The van der Waals surface area contributed by atoms with Crippen molar-refractivity contribution in [1.29, 1.82) is 0 Å². The number of rotatable bonds is 7. The minimum absolute atomic E-state index is 0. The van der Waals surface area contributed by atoms with E-state index in [1.54, 1.807) is 20.4 Å². The molecule has 0 radical (unpaired) electrons. The summed E-state index contributed by atoms with van der Waals surface area (Å²) < 4.78 is 10.0. The van der Waals surface area contributed by atoms with Crippen molar-refractivity contribution in [2.75, 3.05) is 33.9 Å².